The Morgan fingerprint density at radius 1 is 0.914 bits per heavy atom. The highest BCUT2D eigenvalue weighted by molar-refractivity contribution is 5.90. The number of carbonyl (C=O) groups is 2. The zero-order valence-corrected chi connectivity index (χ0v) is 17.7. The number of rotatable bonds is 7. The number of Topliss-reactive ketones (excluding diaryl/α,β-unsaturated/α-hetero) is 1. The number of ketones is 1. The standard InChI is InChI=1S/C23H15F7O5/c1-12(31)11-15(13-7-3-2-4-8-13)17-18(14-9-5-6-10-16(14)34-19(17)32)35-20(33)21(24,25)22(26,27)23(28,29)30/h2-10,15H,11H2,1H3. The van der Waals surface area contributed by atoms with Crippen LogP contribution in [0.4, 0.5) is 30.7 Å². The molecule has 2 aromatic carbocycles. The maximum atomic E-state index is 14.0. The van der Waals surface area contributed by atoms with Crippen LogP contribution in [0.15, 0.2) is 63.8 Å². The molecule has 186 valence electrons. The first kappa shape index (κ1) is 25.9. The highest BCUT2D eigenvalue weighted by Gasteiger charge is 2.77. The summed E-state index contributed by atoms with van der Waals surface area (Å²) in [6.07, 6.45) is -7.22. The molecule has 0 saturated heterocycles. The molecule has 35 heavy (non-hydrogen) atoms. The molecule has 5 nitrogen and oxygen atoms in total. The van der Waals surface area contributed by atoms with E-state index in [4.69, 9.17) is 4.42 Å². The fraction of sp³-hybridized carbons (Fsp3) is 0.261. The number of carbonyl (C=O) groups excluding carboxylic acids is 2. The van der Waals surface area contributed by atoms with Crippen LogP contribution in [0.1, 0.15) is 30.4 Å². The molecular weight excluding hydrogens is 489 g/mol. The molecule has 0 fully saturated rings. The highest BCUT2D eigenvalue weighted by Crippen LogP contribution is 2.48. The zero-order chi connectivity index (χ0) is 26.2. The Morgan fingerprint density at radius 3 is 2.06 bits per heavy atom. The van der Waals surface area contributed by atoms with Gasteiger partial charge in [0.2, 0.25) is 0 Å². The Hall–Kier alpha value is -3.70. The molecule has 1 atom stereocenters. The molecule has 0 aliphatic heterocycles. The van der Waals surface area contributed by atoms with E-state index in [0.717, 1.165) is 19.1 Å². The molecule has 1 aromatic heterocycles. The minimum absolute atomic E-state index is 0.259. The minimum Gasteiger partial charge on any atom is -0.422 e. The number of halogens is 7. The Kier molecular flexibility index (Phi) is 6.78. The number of hydrogen-bond acceptors (Lipinski definition) is 5. The van der Waals surface area contributed by atoms with Crippen molar-refractivity contribution in [1.29, 1.82) is 0 Å². The van der Waals surface area contributed by atoms with Gasteiger partial charge in [0.25, 0.3) is 0 Å². The summed E-state index contributed by atoms with van der Waals surface area (Å²) in [6.45, 7) is 1.14. The number of ether oxygens (including phenoxy) is 1. The molecule has 0 aliphatic rings. The van der Waals surface area contributed by atoms with Gasteiger partial charge in [-0.25, -0.2) is 9.59 Å². The quantitative estimate of drug-likeness (QED) is 0.237. The Morgan fingerprint density at radius 2 is 1.49 bits per heavy atom. The van der Waals surface area contributed by atoms with Crippen molar-refractivity contribution >= 4 is 22.7 Å². The van der Waals surface area contributed by atoms with Crippen molar-refractivity contribution < 1.29 is 49.5 Å². The van der Waals surface area contributed by atoms with E-state index in [0.29, 0.717) is 0 Å². The Bertz CT molecular complexity index is 1310. The third kappa shape index (κ3) is 4.77. The second-order valence-corrected chi connectivity index (χ2v) is 7.53. The molecule has 12 heteroatoms. The predicted octanol–water partition coefficient (Wildman–Crippen LogP) is 5.64. The third-order valence-corrected chi connectivity index (χ3v) is 5.04. The summed E-state index contributed by atoms with van der Waals surface area (Å²) in [5, 5.41) is -0.342. The lowest BCUT2D eigenvalue weighted by atomic mass is 9.87. The van der Waals surface area contributed by atoms with Gasteiger partial charge in [0.15, 0.2) is 5.75 Å². The normalized spacial score (nSPS) is 13.5. The number of fused-ring (bicyclic) bond motifs is 1. The fourth-order valence-electron chi connectivity index (χ4n) is 3.37. The maximum Gasteiger partial charge on any atom is 0.460 e. The molecule has 3 aromatic rings. The van der Waals surface area contributed by atoms with Crippen LogP contribution in [0.25, 0.3) is 11.0 Å². The Balaban J connectivity index is 2.27. The molecule has 0 spiro atoms. The average molecular weight is 504 g/mol. The Labute approximate surface area is 192 Å². The van der Waals surface area contributed by atoms with Crippen LogP contribution in [0.3, 0.4) is 0 Å². The summed E-state index contributed by atoms with van der Waals surface area (Å²) in [6, 6.07) is 12.4. The van der Waals surface area contributed by atoms with E-state index in [1.54, 1.807) is 6.07 Å². The average Bonchev–Trinajstić information content (AvgIpc) is 2.77. The molecule has 0 bridgehead atoms. The largest absolute Gasteiger partial charge is 0.460 e. The summed E-state index contributed by atoms with van der Waals surface area (Å²) < 4.78 is 102. The smallest absolute Gasteiger partial charge is 0.422 e. The van der Waals surface area contributed by atoms with Gasteiger partial charge in [-0.3, -0.25) is 4.79 Å². The predicted molar refractivity (Wildman–Crippen MR) is 108 cm³/mol. The monoisotopic (exact) mass is 504 g/mol. The molecule has 0 aliphatic carbocycles. The van der Waals surface area contributed by atoms with Gasteiger partial charge in [-0.2, -0.15) is 30.7 Å². The number of esters is 1. The van der Waals surface area contributed by atoms with Crippen LogP contribution in [0, 0.1) is 0 Å². The summed E-state index contributed by atoms with van der Waals surface area (Å²) in [7, 11) is 0. The van der Waals surface area contributed by atoms with E-state index in [1.165, 1.54) is 36.4 Å². The lowest BCUT2D eigenvalue weighted by Crippen LogP contribution is -2.57. The van der Waals surface area contributed by atoms with Crippen molar-refractivity contribution in [2.45, 2.75) is 37.3 Å². The second-order valence-electron chi connectivity index (χ2n) is 7.53. The fourth-order valence-corrected chi connectivity index (χ4v) is 3.37. The van der Waals surface area contributed by atoms with Crippen molar-refractivity contribution in [3.63, 3.8) is 0 Å². The first-order chi connectivity index (χ1) is 16.2. The van der Waals surface area contributed by atoms with Crippen LogP contribution in [-0.4, -0.2) is 29.8 Å². The molecule has 3 rings (SSSR count). The summed E-state index contributed by atoms with van der Waals surface area (Å²) >= 11 is 0. The van der Waals surface area contributed by atoms with Gasteiger partial charge in [0.1, 0.15) is 11.4 Å². The van der Waals surface area contributed by atoms with Gasteiger partial charge in [0, 0.05) is 12.3 Å². The molecule has 1 unspecified atom stereocenters. The molecular formula is C23H15F7O5. The molecule has 0 N–H and O–H groups in total. The van der Waals surface area contributed by atoms with E-state index >= 15 is 0 Å². The van der Waals surface area contributed by atoms with Crippen molar-refractivity contribution in [3.05, 3.63) is 76.1 Å². The lowest BCUT2D eigenvalue weighted by molar-refractivity contribution is -0.346. The van der Waals surface area contributed by atoms with E-state index in [1.807, 2.05) is 0 Å². The molecule has 0 amide bonds. The van der Waals surface area contributed by atoms with Gasteiger partial charge in [-0.15, -0.1) is 0 Å². The van der Waals surface area contributed by atoms with Gasteiger partial charge >= 0.3 is 29.6 Å². The van der Waals surface area contributed by atoms with E-state index in [-0.39, 0.29) is 16.5 Å². The molecule has 0 saturated carbocycles. The summed E-state index contributed by atoms with van der Waals surface area (Å²) in [4.78, 5) is 36.8. The van der Waals surface area contributed by atoms with E-state index in [9.17, 15) is 45.1 Å². The number of para-hydroxylation sites is 1. The highest BCUT2D eigenvalue weighted by atomic mass is 19.4. The van der Waals surface area contributed by atoms with Crippen molar-refractivity contribution in [3.8, 4) is 5.75 Å². The number of alkyl halides is 7. The lowest BCUT2D eigenvalue weighted by Gasteiger charge is -2.27. The van der Waals surface area contributed by atoms with Crippen LogP contribution in [0.5, 0.6) is 5.75 Å². The van der Waals surface area contributed by atoms with Crippen molar-refractivity contribution in [1.82, 2.24) is 0 Å². The van der Waals surface area contributed by atoms with Crippen LogP contribution >= 0.6 is 0 Å². The maximum absolute atomic E-state index is 14.0. The minimum atomic E-state index is -6.78. The van der Waals surface area contributed by atoms with Crippen LogP contribution in [0.2, 0.25) is 0 Å². The summed E-state index contributed by atoms with van der Waals surface area (Å²) in [5.41, 5.74) is -2.02. The van der Waals surface area contributed by atoms with Gasteiger partial charge < -0.3 is 9.15 Å². The second kappa shape index (κ2) is 9.16. The third-order valence-electron chi connectivity index (χ3n) is 5.04. The van der Waals surface area contributed by atoms with E-state index < -0.39 is 59.1 Å². The first-order valence-corrected chi connectivity index (χ1v) is 9.83. The van der Waals surface area contributed by atoms with Gasteiger partial charge in [-0.1, -0.05) is 42.5 Å². The molecule has 0 radical (unpaired) electrons. The zero-order valence-electron chi connectivity index (χ0n) is 17.7. The van der Waals surface area contributed by atoms with Crippen LogP contribution < -0.4 is 10.4 Å². The van der Waals surface area contributed by atoms with E-state index in [2.05, 4.69) is 4.74 Å². The number of benzene rings is 2. The van der Waals surface area contributed by atoms with Crippen molar-refractivity contribution in [2.24, 2.45) is 0 Å². The molecule has 1 heterocycles. The number of hydrogen-bond donors (Lipinski definition) is 0. The summed E-state index contributed by atoms with van der Waals surface area (Å²) in [5.74, 6) is -19.2. The SMILES string of the molecule is CC(=O)CC(c1ccccc1)c1c(OC(=O)C(F)(F)C(F)(F)C(F)(F)F)c2ccccc2oc1=O. The van der Waals surface area contributed by atoms with Gasteiger partial charge in [-0.05, 0) is 24.6 Å². The van der Waals surface area contributed by atoms with Gasteiger partial charge in [0.05, 0.1) is 10.9 Å². The van der Waals surface area contributed by atoms with Crippen LogP contribution in [-0.2, 0) is 9.59 Å². The first-order valence-electron chi connectivity index (χ1n) is 9.83. The van der Waals surface area contributed by atoms with Crippen molar-refractivity contribution in [2.75, 3.05) is 0 Å². The topological polar surface area (TPSA) is 73.6 Å².